The highest BCUT2D eigenvalue weighted by Crippen LogP contribution is 2.16. The standard InChI is InChI=1S/C11H19N3O2S/c1-4-8-14(3)17(15,16)10-6-7-13-11(9-10)12-5-2/h6-7,9H,4-5,8H2,1-3H3,(H,12,13). The van der Waals surface area contributed by atoms with E-state index in [4.69, 9.17) is 0 Å². The first-order valence-electron chi connectivity index (χ1n) is 5.68. The van der Waals surface area contributed by atoms with E-state index in [2.05, 4.69) is 10.3 Å². The molecule has 0 bridgehead atoms. The van der Waals surface area contributed by atoms with E-state index >= 15 is 0 Å². The first-order chi connectivity index (χ1) is 8.02. The first-order valence-corrected chi connectivity index (χ1v) is 7.12. The van der Waals surface area contributed by atoms with Crippen LogP contribution in [0.15, 0.2) is 23.2 Å². The maximum absolute atomic E-state index is 12.1. The zero-order valence-electron chi connectivity index (χ0n) is 10.5. The van der Waals surface area contributed by atoms with Gasteiger partial charge in [0.1, 0.15) is 5.82 Å². The number of hydrogen-bond donors (Lipinski definition) is 1. The molecule has 0 aromatic carbocycles. The van der Waals surface area contributed by atoms with Crippen LogP contribution in [0, 0.1) is 0 Å². The Hall–Kier alpha value is -1.14. The van der Waals surface area contributed by atoms with Crippen LogP contribution in [0.4, 0.5) is 5.82 Å². The quantitative estimate of drug-likeness (QED) is 0.839. The van der Waals surface area contributed by atoms with Crippen molar-refractivity contribution >= 4 is 15.8 Å². The number of sulfonamides is 1. The number of nitrogens with one attached hydrogen (secondary N) is 1. The number of rotatable bonds is 6. The van der Waals surface area contributed by atoms with Gasteiger partial charge in [-0.1, -0.05) is 6.92 Å². The zero-order chi connectivity index (χ0) is 12.9. The molecular formula is C11H19N3O2S. The van der Waals surface area contributed by atoms with Crippen LogP contribution in [0.2, 0.25) is 0 Å². The summed E-state index contributed by atoms with van der Waals surface area (Å²) in [5, 5.41) is 3.00. The van der Waals surface area contributed by atoms with Crippen molar-refractivity contribution in [1.29, 1.82) is 0 Å². The highest BCUT2D eigenvalue weighted by Gasteiger charge is 2.20. The van der Waals surface area contributed by atoms with E-state index in [1.165, 1.54) is 16.6 Å². The molecule has 0 spiro atoms. The fraction of sp³-hybridized carbons (Fsp3) is 0.545. The van der Waals surface area contributed by atoms with Crippen molar-refractivity contribution in [3.8, 4) is 0 Å². The molecule has 1 aromatic heterocycles. The van der Waals surface area contributed by atoms with Crippen LogP contribution < -0.4 is 5.32 Å². The smallest absolute Gasteiger partial charge is 0.243 e. The summed E-state index contributed by atoms with van der Waals surface area (Å²) >= 11 is 0. The van der Waals surface area contributed by atoms with Crippen LogP contribution in [0.5, 0.6) is 0 Å². The molecular weight excluding hydrogens is 238 g/mol. The van der Waals surface area contributed by atoms with Crippen molar-refractivity contribution < 1.29 is 8.42 Å². The minimum absolute atomic E-state index is 0.277. The third-order valence-electron chi connectivity index (χ3n) is 2.34. The average Bonchev–Trinajstić information content (AvgIpc) is 2.30. The highest BCUT2D eigenvalue weighted by molar-refractivity contribution is 7.89. The van der Waals surface area contributed by atoms with Gasteiger partial charge in [0, 0.05) is 32.4 Å². The summed E-state index contributed by atoms with van der Waals surface area (Å²) in [4.78, 5) is 4.33. The van der Waals surface area contributed by atoms with Crippen LogP contribution in [0.1, 0.15) is 20.3 Å². The van der Waals surface area contributed by atoms with Crippen LogP contribution in [-0.4, -0.2) is 37.8 Å². The Bertz CT molecular complexity index is 460. The molecule has 1 N–H and O–H groups in total. The van der Waals surface area contributed by atoms with Gasteiger partial charge in [0.25, 0.3) is 0 Å². The Labute approximate surface area is 103 Å². The predicted molar refractivity (Wildman–Crippen MR) is 68.5 cm³/mol. The van der Waals surface area contributed by atoms with E-state index in [-0.39, 0.29) is 4.90 Å². The summed E-state index contributed by atoms with van der Waals surface area (Å²) in [5.41, 5.74) is 0. The molecule has 17 heavy (non-hydrogen) atoms. The summed E-state index contributed by atoms with van der Waals surface area (Å²) < 4.78 is 25.7. The molecule has 0 radical (unpaired) electrons. The molecule has 0 saturated heterocycles. The van der Waals surface area contributed by atoms with E-state index in [1.807, 2.05) is 13.8 Å². The lowest BCUT2D eigenvalue weighted by Crippen LogP contribution is -2.27. The van der Waals surface area contributed by atoms with E-state index < -0.39 is 10.0 Å². The van der Waals surface area contributed by atoms with Gasteiger partial charge in [0.05, 0.1) is 4.90 Å². The minimum Gasteiger partial charge on any atom is -0.370 e. The fourth-order valence-electron chi connectivity index (χ4n) is 1.46. The van der Waals surface area contributed by atoms with Gasteiger partial charge in [0.2, 0.25) is 10.0 Å². The summed E-state index contributed by atoms with van der Waals surface area (Å²) in [6, 6.07) is 3.08. The molecule has 1 aromatic rings. The second-order valence-corrected chi connectivity index (χ2v) is 5.78. The molecule has 0 aliphatic carbocycles. The van der Waals surface area contributed by atoms with Gasteiger partial charge in [-0.2, -0.15) is 0 Å². The van der Waals surface area contributed by atoms with Gasteiger partial charge in [-0.25, -0.2) is 17.7 Å². The lowest BCUT2D eigenvalue weighted by atomic mass is 10.4. The number of hydrogen-bond acceptors (Lipinski definition) is 4. The number of nitrogens with zero attached hydrogens (tertiary/aromatic N) is 2. The van der Waals surface area contributed by atoms with Crippen molar-refractivity contribution in [3.63, 3.8) is 0 Å². The molecule has 0 aliphatic heterocycles. The van der Waals surface area contributed by atoms with E-state index in [0.29, 0.717) is 18.9 Å². The summed E-state index contributed by atoms with van der Waals surface area (Å²) in [6.45, 7) is 5.11. The maximum Gasteiger partial charge on any atom is 0.243 e. The Morgan fingerprint density at radius 2 is 2.12 bits per heavy atom. The normalized spacial score (nSPS) is 11.8. The summed E-state index contributed by atoms with van der Waals surface area (Å²) in [6.07, 6.45) is 2.30. The first kappa shape index (κ1) is 13.9. The molecule has 0 fully saturated rings. The highest BCUT2D eigenvalue weighted by atomic mass is 32.2. The Morgan fingerprint density at radius 1 is 1.41 bits per heavy atom. The van der Waals surface area contributed by atoms with Gasteiger partial charge in [-0.15, -0.1) is 0 Å². The van der Waals surface area contributed by atoms with Gasteiger partial charge >= 0.3 is 0 Å². The number of anilines is 1. The fourth-order valence-corrected chi connectivity index (χ4v) is 2.74. The van der Waals surface area contributed by atoms with Gasteiger partial charge < -0.3 is 5.32 Å². The molecule has 1 heterocycles. The monoisotopic (exact) mass is 257 g/mol. The average molecular weight is 257 g/mol. The SMILES string of the molecule is CCCN(C)S(=O)(=O)c1ccnc(NCC)c1. The van der Waals surface area contributed by atoms with Crippen LogP contribution >= 0.6 is 0 Å². The molecule has 5 nitrogen and oxygen atoms in total. The molecule has 0 amide bonds. The van der Waals surface area contributed by atoms with Crippen molar-refractivity contribution in [3.05, 3.63) is 18.3 Å². The molecule has 0 aliphatic rings. The van der Waals surface area contributed by atoms with E-state index in [9.17, 15) is 8.42 Å². The number of aromatic nitrogens is 1. The van der Waals surface area contributed by atoms with Crippen molar-refractivity contribution in [1.82, 2.24) is 9.29 Å². The minimum atomic E-state index is -3.39. The Kier molecular flexibility index (Phi) is 4.89. The van der Waals surface area contributed by atoms with Gasteiger partial charge in [0.15, 0.2) is 0 Å². The topological polar surface area (TPSA) is 62.3 Å². The third kappa shape index (κ3) is 3.41. The van der Waals surface area contributed by atoms with Gasteiger partial charge in [-0.3, -0.25) is 0 Å². The maximum atomic E-state index is 12.1. The van der Waals surface area contributed by atoms with Crippen LogP contribution in [0.25, 0.3) is 0 Å². The lowest BCUT2D eigenvalue weighted by Gasteiger charge is -2.16. The lowest BCUT2D eigenvalue weighted by molar-refractivity contribution is 0.468. The molecule has 96 valence electrons. The Morgan fingerprint density at radius 3 is 2.71 bits per heavy atom. The second-order valence-electron chi connectivity index (χ2n) is 3.73. The molecule has 0 saturated carbocycles. The molecule has 0 unspecified atom stereocenters. The van der Waals surface area contributed by atoms with Crippen molar-refractivity contribution in [2.45, 2.75) is 25.2 Å². The third-order valence-corrected chi connectivity index (χ3v) is 4.19. The Balaban J connectivity index is 3.02. The molecule has 1 rings (SSSR count). The molecule has 0 atom stereocenters. The van der Waals surface area contributed by atoms with Gasteiger partial charge in [-0.05, 0) is 19.4 Å². The predicted octanol–water partition coefficient (Wildman–Crippen LogP) is 1.54. The summed E-state index contributed by atoms with van der Waals surface area (Å²) in [7, 11) is -1.80. The van der Waals surface area contributed by atoms with E-state index in [1.54, 1.807) is 13.1 Å². The van der Waals surface area contributed by atoms with E-state index in [0.717, 1.165) is 6.42 Å². The van der Waals surface area contributed by atoms with Crippen LogP contribution in [-0.2, 0) is 10.0 Å². The largest absolute Gasteiger partial charge is 0.370 e. The zero-order valence-corrected chi connectivity index (χ0v) is 11.3. The summed E-state index contributed by atoms with van der Waals surface area (Å²) in [5.74, 6) is 0.582. The molecule has 6 heteroatoms. The van der Waals surface area contributed by atoms with Crippen molar-refractivity contribution in [2.24, 2.45) is 0 Å². The number of pyridine rings is 1. The van der Waals surface area contributed by atoms with Crippen LogP contribution in [0.3, 0.4) is 0 Å². The second kappa shape index (κ2) is 5.97. The van der Waals surface area contributed by atoms with Crippen molar-refractivity contribution in [2.75, 3.05) is 25.5 Å².